The molecule has 21 heavy (non-hydrogen) atoms. The van der Waals surface area contributed by atoms with E-state index in [0.29, 0.717) is 10.2 Å². The predicted octanol–water partition coefficient (Wildman–Crippen LogP) is 4.00. The molecule has 0 atom stereocenters. The summed E-state index contributed by atoms with van der Waals surface area (Å²) in [4.78, 5) is 2.98. The Bertz CT molecular complexity index is 632. The molecule has 1 aromatic carbocycles. The molecule has 0 bridgehead atoms. The summed E-state index contributed by atoms with van der Waals surface area (Å²) in [5.74, 6) is 0.646. The van der Waals surface area contributed by atoms with Crippen LogP contribution in [0.4, 0.5) is 0 Å². The molecule has 0 saturated heterocycles. The van der Waals surface area contributed by atoms with E-state index in [1.807, 2.05) is 23.5 Å². The van der Waals surface area contributed by atoms with Crippen molar-refractivity contribution in [1.29, 1.82) is 0 Å². The molecule has 2 aromatic rings. The highest BCUT2D eigenvalue weighted by atomic mass is 79.9. The Hall–Kier alpha value is -1.04. The van der Waals surface area contributed by atoms with Crippen LogP contribution in [-0.4, -0.2) is 12.2 Å². The Morgan fingerprint density at radius 2 is 2.14 bits per heavy atom. The van der Waals surface area contributed by atoms with Crippen LogP contribution in [0.1, 0.15) is 27.3 Å². The number of thiophene rings is 1. The molecule has 0 aliphatic heterocycles. The van der Waals surface area contributed by atoms with Crippen molar-refractivity contribution in [3.63, 3.8) is 0 Å². The molecule has 0 saturated carbocycles. The molecule has 5 heteroatoms. The topological polar surface area (TPSA) is 41.5 Å². The fraction of sp³-hybridized carbons (Fsp3) is 0.375. The molecule has 0 unspecified atom stereocenters. The van der Waals surface area contributed by atoms with E-state index in [4.69, 9.17) is 4.74 Å². The zero-order valence-electron chi connectivity index (χ0n) is 11.9. The van der Waals surface area contributed by atoms with Gasteiger partial charge in [0.25, 0.3) is 0 Å². The summed E-state index contributed by atoms with van der Waals surface area (Å²) in [6.45, 7) is 1.64. The molecule has 0 fully saturated rings. The lowest BCUT2D eigenvalue weighted by Crippen LogP contribution is -2.11. The predicted molar refractivity (Wildman–Crippen MR) is 89.2 cm³/mol. The second-order valence-corrected chi connectivity index (χ2v) is 7.32. The summed E-state index contributed by atoms with van der Waals surface area (Å²) < 4.78 is 5.83. The number of phenolic OH excluding ortho intramolecular Hbond substituents is 1. The van der Waals surface area contributed by atoms with Crippen LogP contribution < -0.4 is 10.1 Å². The van der Waals surface area contributed by atoms with Crippen LogP contribution in [-0.2, 0) is 25.9 Å². The second-order valence-electron chi connectivity index (χ2n) is 5.25. The Labute approximate surface area is 137 Å². The molecule has 3 rings (SSSR count). The van der Waals surface area contributed by atoms with E-state index in [1.54, 1.807) is 17.6 Å². The molecule has 112 valence electrons. The molecule has 1 aliphatic carbocycles. The average molecular weight is 368 g/mol. The number of aromatic hydroxyl groups is 1. The number of fused-ring (bicyclic) bond motifs is 1. The number of ether oxygens (including phenoxy) is 1. The number of methoxy groups -OCH3 is 1. The van der Waals surface area contributed by atoms with E-state index < -0.39 is 0 Å². The van der Waals surface area contributed by atoms with Gasteiger partial charge in [0.1, 0.15) is 0 Å². The first-order valence-corrected chi connectivity index (χ1v) is 8.65. The third-order valence-electron chi connectivity index (χ3n) is 3.73. The van der Waals surface area contributed by atoms with Gasteiger partial charge in [-0.05, 0) is 64.5 Å². The highest BCUT2D eigenvalue weighted by Crippen LogP contribution is 2.35. The zero-order chi connectivity index (χ0) is 14.8. The van der Waals surface area contributed by atoms with E-state index in [0.717, 1.165) is 18.7 Å². The van der Waals surface area contributed by atoms with Crippen molar-refractivity contribution in [3.05, 3.63) is 43.6 Å². The first-order chi connectivity index (χ1) is 10.2. The normalized spacial score (nSPS) is 13.4. The van der Waals surface area contributed by atoms with Crippen molar-refractivity contribution in [2.45, 2.75) is 32.4 Å². The van der Waals surface area contributed by atoms with Gasteiger partial charge in [-0.1, -0.05) is 0 Å². The molecule has 0 amide bonds. The summed E-state index contributed by atoms with van der Waals surface area (Å²) in [6.07, 6.45) is 3.81. The highest BCUT2D eigenvalue weighted by molar-refractivity contribution is 9.10. The fourth-order valence-corrected chi connectivity index (χ4v) is 4.41. The number of hydrogen-bond acceptors (Lipinski definition) is 4. The van der Waals surface area contributed by atoms with Crippen LogP contribution in [0.15, 0.2) is 22.7 Å². The monoisotopic (exact) mass is 367 g/mol. The first kappa shape index (κ1) is 14.9. The van der Waals surface area contributed by atoms with Crippen molar-refractivity contribution in [3.8, 4) is 11.5 Å². The van der Waals surface area contributed by atoms with Crippen LogP contribution in [0.25, 0.3) is 0 Å². The van der Waals surface area contributed by atoms with Crippen molar-refractivity contribution in [1.82, 2.24) is 5.32 Å². The summed E-state index contributed by atoms with van der Waals surface area (Å²) in [5, 5.41) is 13.3. The minimum atomic E-state index is 0.149. The van der Waals surface area contributed by atoms with Crippen LogP contribution in [0, 0.1) is 0 Å². The number of hydrogen-bond donors (Lipinski definition) is 2. The molecule has 1 aromatic heterocycles. The van der Waals surface area contributed by atoms with Crippen LogP contribution in [0.3, 0.4) is 0 Å². The van der Waals surface area contributed by atoms with E-state index in [-0.39, 0.29) is 5.75 Å². The van der Waals surface area contributed by atoms with Gasteiger partial charge in [0.05, 0.1) is 11.6 Å². The maximum atomic E-state index is 9.80. The smallest absolute Gasteiger partial charge is 0.172 e. The van der Waals surface area contributed by atoms with Gasteiger partial charge in [0, 0.05) is 22.8 Å². The van der Waals surface area contributed by atoms with E-state index in [2.05, 4.69) is 27.3 Å². The third-order valence-corrected chi connectivity index (χ3v) is 5.58. The maximum Gasteiger partial charge on any atom is 0.172 e. The first-order valence-electron chi connectivity index (χ1n) is 7.04. The molecule has 1 heterocycles. The fourth-order valence-electron chi connectivity index (χ4n) is 2.69. The Morgan fingerprint density at radius 3 is 2.90 bits per heavy atom. The van der Waals surface area contributed by atoms with Crippen LogP contribution in [0.5, 0.6) is 11.5 Å². The van der Waals surface area contributed by atoms with Gasteiger partial charge < -0.3 is 15.2 Å². The summed E-state index contributed by atoms with van der Waals surface area (Å²) in [6, 6.07) is 6.12. The van der Waals surface area contributed by atoms with Gasteiger partial charge in [0.2, 0.25) is 0 Å². The maximum absolute atomic E-state index is 9.80. The molecule has 2 N–H and O–H groups in total. The van der Waals surface area contributed by atoms with Gasteiger partial charge in [-0.15, -0.1) is 11.3 Å². The Kier molecular flexibility index (Phi) is 4.52. The van der Waals surface area contributed by atoms with Crippen molar-refractivity contribution in [2.24, 2.45) is 0 Å². The van der Waals surface area contributed by atoms with Crippen molar-refractivity contribution in [2.75, 3.05) is 7.11 Å². The lowest BCUT2D eigenvalue weighted by Gasteiger charge is -2.09. The van der Waals surface area contributed by atoms with E-state index in [1.165, 1.54) is 24.1 Å². The number of benzene rings is 1. The molecule has 3 nitrogen and oxygen atoms in total. The second kappa shape index (κ2) is 6.38. The average Bonchev–Trinajstić information content (AvgIpc) is 3.03. The molecular formula is C16H18BrNO2S. The van der Waals surface area contributed by atoms with Gasteiger partial charge >= 0.3 is 0 Å². The third kappa shape index (κ3) is 3.25. The van der Waals surface area contributed by atoms with E-state index >= 15 is 0 Å². The van der Waals surface area contributed by atoms with Crippen molar-refractivity contribution >= 4 is 27.3 Å². The Morgan fingerprint density at radius 1 is 1.29 bits per heavy atom. The number of phenols is 1. The van der Waals surface area contributed by atoms with Gasteiger partial charge in [0.15, 0.2) is 11.5 Å². The number of rotatable bonds is 5. The molecule has 0 radical (unpaired) electrons. The van der Waals surface area contributed by atoms with Gasteiger partial charge in [-0.3, -0.25) is 0 Å². The minimum Gasteiger partial charge on any atom is -0.503 e. The van der Waals surface area contributed by atoms with Gasteiger partial charge in [-0.2, -0.15) is 0 Å². The number of halogens is 1. The summed E-state index contributed by atoms with van der Waals surface area (Å²) >= 11 is 5.28. The SMILES string of the molecule is COc1cc(CNCc2cc3c(s2)CCC3)cc(Br)c1O. The largest absolute Gasteiger partial charge is 0.503 e. The lowest BCUT2D eigenvalue weighted by atomic mass is 10.2. The van der Waals surface area contributed by atoms with Crippen LogP contribution in [0.2, 0.25) is 0 Å². The van der Waals surface area contributed by atoms with Gasteiger partial charge in [-0.25, -0.2) is 0 Å². The lowest BCUT2D eigenvalue weighted by molar-refractivity contribution is 0.371. The highest BCUT2D eigenvalue weighted by Gasteiger charge is 2.14. The molecule has 0 spiro atoms. The van der Waals surface area contributed by atoms with Crippen LogP contribution >= 0.6 is 27.3 Å². The van der Waals surface area contributed by atoms with E-state index in [9.17, 15) is 5.11 Å². The quantitative estimate of drug-likeness (QED) is 0.838. The molecular weight excluding hydrogens is 350 g/mol. The number of aryl methyl sites for hydroxylation is 2. The number of nitrogens with one attached hydrogen (secondary N) is 1. The minimum absolute atomic E-state index is 0.149. The zero-order valence-corrected chi connectivity index (χ0v) is 14.3. The molecule has 1 aliphatic rings. The van der Waals surface area contributed by atoms with Crippen molar-refractivity contribution < 1.29 is 9.84 Å². The standard InChI is InChI=1S/C16H18BrNO2S/c1-20-14-6-10(5-13(17)16(14)19)8-18-9-12-7-11-3-2-4-15(11)21-12/h5-7,18-19H,2-4,8-9H2,1H3. The summed E-state index contributed by atoms with van der Waals surface area (Å²) in [7, 11) is 1.56. The Balaban J connectivity index is 1.61. The summed E-state index contributed by atoms with van der Waals surface area (Å²) in [5.41, 5.74) is 2.63.